The summed E-state index contributed by atoms with van der Waals surface area (Å²) < 4.78 is 22.5. The molecule has 3 aliphatic heterocycles. The second-order valence-electron chi connectivity index (χ2n) is 10.9. The van der Waals surface area contributed by atoms with Crippen molar-refractivity contribution >= 4 is 27.6 Å². The van der Waals surface area contributed by atoms with Crippen LogP contribution in [0.15, 0.2) is 47.3 Å². The van der Waals surface area contributed by atoms with Crippen molar-refractivity contribution in [2.24, 2.45) is 0 Å². The molecular formula is C29H31FN6O2. The van der Waals surface area contributed by atoms with Crippen molar-refractivity contribution in [1.82, 2.24) is 25.2 Å². The number of likely N-dealkylation sites (N-methyl/N-ethyl adjacent to an activating group) is 1. The quantitative estimate of drug-likeness (QED) is 0.420. The van der Waals surface area contributed by atoms with Gasteiger partial charge in [-0.1, -0.05) is 24.3 Å². The highest BCUT2D eigenvalue weighted by atomic mass is 19.1. The molecule has 0 saturated carbocycles. The number of H-pyrrole nitrogens is 1. The largest absolute Gasteiger partial charge is 0.462 e. The van der Waals surface area contributed by atoms with E-state index in [9.17, 15) is 4.79 Å². The molecule has 8 nitrogen and oxygen atoms in total. The van der Waals surface area contributed by atoms with Crippen LogP contribution in [-0.4, -0.2) is 71.3 Å². The lowest BCUT2D eigenvalue weighted by Gasteiger charge is -2.34. The molecular weight excluding hydrogens is 483 g/mol. The number of benzene rings is 2. The summed E-state index contributed by atoms with van der Waals surface area (Å²) in [5, 5.41) is 5.09. The van der Waals surface area contributed by atoms with E-state index in [1.165, 1.54) is 6.07 Å². The third-order valence-corrected chi connectivity index (χ3v) is 8.40. The average molecular weight is 515 g/mol. The second kappa shape index (κ2) is 9.32. The number of likely N-dealkylation sites (tertiary alicyclic amines) is 1. The van der Waals surface area contributed by atoms with Crippen LogP contribution < -0.4 is 20.5 Å². The zero-order chi connectivity index (χ0) is 25.8. The van der Waals surface area contributed by atoms with Crippen LogP contribution in [0.1, 0.15) is 25.7 Å². The van der Waals surface area contributed by atoms with E-state index in [1.54, 1.807) is 6.07 Å². The fraction of sp³-hybridized carbons (Fsp3) is 0.414. The Morgan fingerprint density at radius 1 is 1.03 bits per heavy atom. The van der Waals surface area contributed by atoms with Crippen molar-refractivity contribution in [3.8, 4) is 17.1 Å². The topological polar surface area (TPSA) is 86.4 Å². The minimum Gasteiger partial charge on any atom is -0.462 e. The van der Waals surface area contributed by atoms with E-state index in [2.05, 4.69) is 32.1 Å². The van der Waals surface area contributed by atoms with Crippen molar-refractivity contribution in [3.63, 3.8) is 0 Å². The summed E-state index contributed by atoms with van der Waals surface area (Å²) in [6, 6.07) is 13.8. The first kappa shape index (κ1) is 23.5. The molecule has 2 bridgehead atoms. The Hall–Kier alpha value is -3.56. The molecule has 7 rings (SSSR count). The number of nitrogens with one attached hydrogen (secondary N) is 2. The summed E-state index contributed by atoms with van der Waals surface area (Å²) in [4.78, 5) is 29.2. The lowest BCUT2D eigenvalue weighted by atomic mass is 9.99. The van der Waals surface area contributed by atoms with Crippen LogP contribution in [0.25, 0.3) is 32.9 Å². The summed E-state index contributed by atoms with van der Waals surface area (Å²) in [6.07, 6.45) is 4.47. The number of ether oxygens (including phenoxy) is 1. The highest BCUT2D eigenvalue weighted by Crippen LogP contribution is 2.36. The molecule has 3 saturated heterocycles. The van der Waals surface area contributed by atoms with Gasteiger partial charge in [-0.2, -0.15) is 9.97 Å². The maximum atomic E-state index is 16.4. The Labute approximate surface area is 219 Å². The third kappa shape index (κ3) is 4.10. The normalized spacial score (nSPS) is 23.5. The van der Waals surface area contributed by atoms with Crippen molar-refractivity contribution in [1.29, 1.82) is 0 Å². The number of aromatic amines is 1. The molecule has 0 aliphatic carbocycles. The van der Waals surface area contributed by atoms with Crippen molar-refractivity contribution in [2.75, 3.05) is 38.2 Å². The molecule has 9 heteroatoms. The minimum atomic E-state index is -0.470. The van der Waals surface area contributed by atoms with Crippen LogP contribution in [0.5, 0.6) is 6.01 Å². The standard InChI is InChI=1S/C29H31FN6O2/c1-35-12-4-5-19(35)16-38-29-33-27-22(28(34-29)36-14-17-8-9-18(15-36)31-17)11-10-21(26(27)30)23-13-25(37)32-24-7-3-2-6-20(23)24/h2-3,6-7,10-11,13,17-19,31H,4-5,8-9,12,14-16H2,1H3,(H,32,37)/t17-,18+,19-/m0/s1. The van der Waals surface area contributed by atoms with Gasteiger partial charge in [-0.25, -0.2) is 4.39 Å². The Kier molecular flexibility index (Phi) is 5.78. The fourth-order valence-electron chi connectivity index (χ4n) is 6.40. The molecule has 196 valence electrons. The predicted molar refractivity (Wildman–Crippen MR) is 146 cm³/mol. The molecule has 3 fully saturated rings. The molecule has 0 unspecified atom stereocenters. The van der Waals surface area contributed by atoms with Gasteiger partial charge in [0.1, 0.15) is 17.9 Å². The highest BCUT2D eigenvalue weighted by Gasteiger charge is 2.34. The minimum absolute atomic E-state index is 0.200. The maximum Gasteiger partial charge on any atom is 0.319 e. The van der Waals surface area contributed by atoms with E-state index in [1.807, 2.05) is 30.3 Å². The van der Waals surface area contributed by atoms with E-state index in [0.717, 1.165) is 50.7 Å². The van der Waals surface area contributed by atoms with Gasteiger partial charge in [0.05, 0.1) is 0 Å². The molecule has 0 radical (unpaired) electrons. The summed E-state index contributed by atoms with van der Waals surface area (Å²) in [7, 11) is 2.10. The lowest BCUT2D eigenvalue weighted by molar-refractivity contribution is 0.188. The zero-order valence-electron chi connectivity index (χ0n) is 21.4. The molecule has 5 heterocycles. The molecule has 2 N–H and O–H groups in total. The number of pyridine rings is 1. The Morgan fingerprint density at radius 2 is 1.84 bits per heavy atom. The number of halogens is 1. The van der Waals surface area contributed by atoms with Gasteiger partial charge >= 0.3 is 6.01 Å². The molecule has 0 amide bonds. The molecule has 38 heavy (non-hydrogen) atoms. The Bertz CT molecular complexity index is 1580. The summed E-state index contributed by atoms with van der Waals surface area (Å²) >= 11 is 0. The van der Waals surface area contributed by atoms with Gasteiger partial charge in [-0.15, -0.1) is 0 Å². The monoisotopic (exact) mass is 514 g/mol. The predicted octanol–water partition coefficient (Wildman–Crippen LogP) is 3.69. The van der Waals surface area contributed by atoms with E-state index in [-0.39, 0.29) is 17.1 Å². The molecule has 2 aromatic carbocycles. The van der Waals surface area contributed by atoms with Gasteiger partial charge in [-0.05, 0) is 57.0 Å². The number of piperazine rings is 1. The van der Waals surface area contributed by atoms with Gasteiger partial charge in [-0.3, -0.25) is 4.79 Å². The first-order valence-corrected chi connectivity index (χ1v) is 13.5. The number of hydrogen-bond donors (Lipinski definition) is 2. The molecule has 3 aliphatic rings. The smallest absolute Gasteiger partial charge is 0.319 e. The SMILES string of the molecule is CN1CCC[C@H]1COc1nc(N2C[C@H]3CC[C@@H](C2)N3)c2ccc(-c3cc(=O)[nH]c4ccccc34)c(F)c2n1. The number of aromatic nitrogens is 3. The first-order chi connectivity index (χ1) is 18.5. The van der Waals surface area contributed by atoms with E-state index in [0.29, 0.717) is 52.6 Å². The van der Waals surface area contributed by atoms with Crippen molar-refractivity contribution in [2.45, 2.75) is 43.8 Å². The van der Waals surface area contributed by atoms with Gasteiger partial charge in [0.25, 0.3) is 0 Å². The molecule has 2 aromatic heterocycles. The number of nitrogens with zero attached hydrogens (tertiary/aromatic N) is 4. The second-order valence-corrected chi connectivity index (χ2v) is 10.9. The zero-order valence-corrected chi connectivity index (χ0v) is 21.4. The number of hydrogen-bond acceptors (Lipinski definition) is 7. The molecule has 3 atom stereocenters. The van der Waals surface area contributed by atoms with Crippen LogP contribution in [0.4, 0.5) is 10.2 Å². The van der Waals surface area contributed by atoms with Crippen LogP contribution >= 0.6 is 0 Å². The third-order valence-electron chi connectivity index (χ3n) is 8.40. The van der Waals surface area contributed by atoms with Crippen molar-refractivity contribution in [3.05, 3.63) is 58.6 Å². The number of rotatable bonds is 5. The summed E-state index contributed by atoms with van der Waals surface area (Å²) in [5.41, 5.74) is 1.49. The van der Waals surface area contributed by atoms with Gasteiger partial charge in [0.15, 0.2) is 5.82 Å². The van der Waals surface area contributed by atoms with Crippen LogP contribution in [0.3, 0.4) is 0 Å². The van der Waals surface area contributed by atoms with E-state index >= 15 is 4.39 Å². The fourth-order valence-corrected chi connectivity index (χ4v) is 6.40. The number of para-hydroxylation sites is 1. The maximum absolute atomic E-state index is 16.4. The first-order valence-electron chi connectivity index (χ1n) is 13.5. The summed E-state index contributed by atoms with van der Waals surface area (Å²) in [6.45, 7) is 3.14. The number of anilines is 1. The van der Waals surface area contributed by atoms with Crippen LogP contribution in [0, 0.1) is 5.82 Å². The van der Waals surface area contributed by atoms with E-state index in [4.69, 9.17) is 9.72 Å². The van der Waals surface area contributed by atoms with Crippen molar-refractivity contribution < 1.29 is 9.13 Å². The molecule has 4 aromatic rings. The van der Waals surface area contributed by atoms with Crippen LogP contribution in [-0.2, 0) is 0 Å². The van der Waals surface area contributed by atoms with Gasteiger partial charge in [0.2, 0.25) is 5.56 Å². The number of fused-ring (bicyclic) bond motifs is 4. The van der Waals surface area contributed by atoms with Crippen LogP contribution in [0.2, 0.25) is 0 Å². The average Bonchev–Trinajstić information content (AvgIpc) is 3.50. The summed E-state index contributed by atoms with van der Waals surface area (Å²) in [5.74, 6) is 0.243. The molecule has 0 spiro atoms. The van der Waals surface area contributed by atoms with E-state index < -0.39 is 5.82 Å². The highest BCUT2D eigenvalue weighted by molar-refractivity contribution is 5.99. The van der Waals surface area contributed by atoms with Gasteiger partial charge in [0, 0.05) is 59.1 Å². The lowest BCUT2D eigenvalue weighted by Crippen LogP contribution is -2.51. The van der Waals surface area contributed by atoms with Gasteiger partial charge < -0.3 is 24.8 Å². The Morgan fingerprint density at radius 3 is 2.63 bits per heavy atom. The Balaban J connectivity index is 1.36.